The molecule has 30 heavy (non-hydrogen) atoms. The van der Waals surface area contributed by atoms with E-state index in [4.69, 9.17) is 0 Å². The zero-order valence-electron chi connectivity index (χ0n) is 15.9. The van der Waals surface area contributed by atoms with Gasteiger partial charge in [0.1, 0.15) is 11.5 Å². The van der Waals surface area contributed by atoms with Gasteiger partial charge < -0.3 is 10.2 Å². The molecule has 1 N–H and O–H groups in total. The van der Waals surface area contributed by atoms with Crippen molar-refractivity contribution in [2.45, 2.75) is 19.3 Å². The fourth-order valence-corrected chi connectivity index (χ4v) is 3.65. The lowest BCUT2D eigenvalue weighted by Crippen LogP contribution is -2.41. The van der Waals surface area contributed by atoms with E-state index < -0.39 is 16.6 Å². The largest absolute Gasteiger partial charge is 0.337 e. The Morgan fingerprint density at radius 2 is 1.53 bits per heavy atom. The molecule has 7 nitrogen and oxygen atoms in total. The minimum absolute atomic E-state index is 0.0341. The first-order valence-corrected chi connectivity index (χ1v) is 10.2. The standard InChI is InChI=1S/C21H19BrFN3O4/c22-18(14-4-8-16(23)9-5-14)19(21(28)25-12-2-1-3-13-25)24-20(27)15-6-10-17(11-7-15)26(29)30/h4-11H,1-3,12-13H2,(H,24,27)/b19-18+. The second-order valence-electron chi connectivity index (χ2n) is 6.81. The van der Waals surface area contributed by atoms with E-state index in [1.807, 2.05) is 0 Å². The molecule has 0 aromatic heterocycles. The van der Waals surface area contributed by atoms with Crippen LogP contribution >= 0.6 is 15.9 Å². The molecule has 156 valence electrons. The van der Waals surface area contributed by atoms with E-state index in [0.717, 1.165) is 19.3 Å². The van der Waals surface area contributed by atoms with Crippen LogP contribution < -0.4 is 5.32 Å². The quantitative estimate of drug-likeness (QED) is 0.397. The third kappa shape index (κ3) is 5.10. The molecular formula is C21H19BrFN3O4. The minimum atomic E-state index is -0.579. The summed E-state index contributed by atoms with van der Waals surface area (Å²) in [7, 11) is 0. The predicted octanol–water partition coefficient (Wildman–Crippen LogP) is 4.24. The highest BCUT2D eigenvalue weighted by molar-refractivity contribution is 9.15. The number of nitro benzene ring substituents is 1. The highest BCUT2D eigenvalue weighted by Gasteiger charge is 2.25. The molecule has 0 saturated carbocycles. The smallest absolute Gasteiger partial charge is 0.271 e. The van der Waals surface area contributed by atoms with Gasteiger partial charge in [-0.15, -0.1) is 0 Å². The van der Waals surface area contributed by atoms with Crippen LogP contribution in [0.25, 0.3) is 4.48 Å². The van der Waals surface area contributed by atoms with Gasteiger partial charge in [0.25, 0.3) is 17.5 Å². The Balaban J connectivity index is 1.93. The lowest BCUT2D eigenvalue weighted by Gasteiger charge is -2.28. The van der Waals surface area contributed by atoms with Crippen molar-refractivity contribution in [3.05, 3.63) is 81.3 Å². The van der Waals surface area contributed by atoms with E-state index >= 15 is 0 Å². The van der Waals surface area contributed by atoms with Gasteiger partial charge in [-0.05, 0) is 65.0 Å². The number of amides is 2. The number of benzene rings is 2. The molecule has 1 aliphatic heterocycles. The molecule has 0 atom stereocenters. The molecule has 3 rings (SSSR count). The molecule has 9 heteroatoms. The fourth-order valence-electron chi connectivity index (χ4n) is 3.12. The van der Waals surface area contributed by atoms with E-state index in [9.17, 15) is 24.1 Å². The van der Waals surface area contributed by atoms with Crippen molar-refractivity contribution in [2.24, 2.45) is 0 Å². The highest BCUT2D eigenvalue weighted by Crippen LogP contribution is 2.27. The molecule has 0 spiro atoms. The number of hydrogen-bond acceptors (Lipinski definition) is 4. The molecule has 1 saturated heterocycles. The maximum atomic E-state index is 13.3. The van der Waals surface area contributed by atoms with Crippen molar-refractivity contribution in [3.63, 3.8) is 0 Å². The first-order valence-electron chi connectivity index (χ1n) is 9.37. The van der Waals surface area contributed by atoms with Crippen LogP contribution in [0.3, 0.4) is 0 Å². The van der Waals surface area contributed by atoms with E-state index in [2.05, 4.69) is 21.2 Å². The Bertz CT molecular complexity index is 984. The maximum absolute atomic E-state index is 13.3. The number of nitrogens with one attached hydrogen (secondary N) is 1. The summed E-state index contributed by atoms with van der Waals surface area (Å²) >= 11 is 3.38. The molecule has 0 unspecified atom stereocenters. The Morgan fingerprint density at radius 3 is 2.10 bits per heavy atom. The molecule has 1 aliphatic rings. The summed E-state index contributed by atoms with van der Waals surface area (Å²) in [4.78, 5) is 37.8. The molecule has 2 aromatic carbocycles. The van der Waals surface area contributed by atoms with Crippen LogP contribution in [0.4, 0.5) is 10.1 Å². The Hall–Kier alpha value is -3.07. The molecule has 1 fully saturated rings. The second-order valence-corrected chi connectivity index (χ2v) is 7.60. The number of piperidine rings is 1. The molecule has 0 bridgehead atoms. The zero-order chi connectivity index (χ0) is 21.7. The number of hydrogen-bond donors (Lipinski definition) is 1. The van der Waals surface area contributed by atoms with Gasteiger partial charge in [0.15, 0.2) is 0 Å². The molecule has 0 aliphatic carbocycles. The number of nitro groups is 1. The number of likely N-dealkylation sites (tertiary alicyclic amines) is 1. The second kappa shape index (κ2) is 9.62. The fraction of sp³-hybridized carbons (Fsp3) is 0.238. The topological polar surface area (TPSA) is 92.6 Å². The van der Waals surface area contributed by atoms with Gasteiger partial charge in [-0.25, -0.2) is 4.39 Å². The summed E-state index contributed by atoms with van der Waals surface area (Å²) in [5.74, 6) is -1.34. The molecule has 2 aromatic rings. The number of carbonyl (C=O) groups excluding carboxylic acids is 2. The van der Waals surface area contributed by atoms with Gasteiger partial charge in [0, 0.05) is 30.8 Å². The predicted molar refractivity (Wildman–Crippen MR) is 113 cm³/mol. The zero-order valence-corrected chi connectivity index (χ0v) is 17.5. The summed E-state index contributed by atoms with van der Waals surface area (Å²) in [5, 5.41) is 13.4. The van der Waals surface area contributed by atoms with Crippen molar-refractivity contribution >= 4 is 37.9 Å². The summed E-state index contributed by atoms with van der Waals surface area (Å²) in [6, 6.07) is 10.6. The summed E-state index contributed by atoms with van der Waals surface area (Å²) in [5.41, 5.74) is 0.593. The molecule has 0 radical (unpaired) electrons. The average Bonchev–Trinajstić information content (AvgIpc) is 2.77. The van der Waals surface area contributed by atoms with E-state index in [1.54, 1.807) is 4.90 Å². The maximum Gasteiger partial charge on any atom is 0.271 e. The lowest BCUT2D eigenvalue weighted by molar-refractivity contribution is -0.384. The van der Waals surface area contributed by atoms with E-state index in [1.165, 1.54) is 48.5 Å². The Morgan fingerprint density at radius 1 is 0.967 bits per heavy atom. The van der Waals surface area contributed by atoms with Crippen molar-refractivity contribution in [2.75, 3.05) is 13.1 Å². The third-order valence-corrected chi connectivity index (χ3v) is 5.61. The van der Waals surface area contributed by atoms with Gasteiger partial charge in [-0.3, -0.25) is 19.7 Å². The van der Waals surface area contributed by atoms with Crippen molar-refractivity contribution in [3.8, 4) is 0 Å². The van der Waals surface area contributed by atoms with E-state index in [0.29, 0.717) is 23.1 Å². The first-order chi connectivity index (χ1) is 14.4. The lowest BCUT2D eigenvalue weighted by atomic mass is 10.1. The van der Waals surface area contributed by atoms with Crippen molar-refractivity contribution in [1.29, 1.82) is 0 Å². The van der Waals surface area contributed by atoms with Gasteiger partial charge in [-0.1, -0.05) is 12.1 Å². The van der Waals surface area contributed by atoms with Crippen molar-refractivity contribution in [1.82, 2.24) is 10.2 Å². The number of rotatable bonds is 5. The van der Waals surface area contributed by atoms with Crippen molar-refractivity contribution < 1.29 is 18.9 Å². The van der Waals surface area contributed by atoms with Crippen LogP contribution in [-0.2, 0) is 4.79 Å². The van der Waals surface area contributed by atoms with Gasteiger partial charge >= 0.3 is 0 Å². The number of halogens is 2. The van der Waals surface area contributed by atoms with E-state index in [-0.39, 0.29) is 22.9 Å². The summed E-state index contributed by atoms with van der Waals surface area (Å²) < 4.78 is 13.6. The number of carbonyl (C=O) groups is 2. The SMILES string of the molecule is O=C(N/C(C(=O)N1CCCCC1)=C(/Br)c1ccc(F)cc1)c1ccc([N+](=O)[O-])cc1. The third-order valence-electron chi connectivity index (χ3n) is 4.75. The minimum Gasteiger partial charge on any atom is -0.337 e. The van der Waals surface area contributed by atoms with Gasteiger partial charge in [-0.2, -0.15) is 0 Å². The Kier molecular flexibility index (Phi) is 6.94. The average molecular weight is 476 g/mol. The van der Waals surface area contributed by atoms with Crippen LogP contribution in [0.2, 0.25) is 0 Å². The van der Waals surface area contributed by atoms with Crippen LogP contribution in [0.5, 0.6) is 0 Å². The normalized spacial score (nSPS) is 14.7. The number of nitrogens with zero attached hydrogens (tertiary/aromatic N) is 2. The Labute approximate surface area is 180 Å². The number of non-ortho nitro benzene ring substituents is 1. The first kappa shape index (κ1) is 21.6. The highest BCUT2D eigenvalue weighted by atomic mass is 79.9. The van der Waals surface area contributed by atoms with Crippen LogP contribution in [0, 0.1) is 15.9 Å². The molecule has 1 heterocycles. The van der Waals surface area contributed by atoms with Gasteiger partial charge in [0.2, 0.25) is 0 Å². The van der Waals surface area contributed by atoms with Gasteiger partial charge in [0.05, 0.1) is 9.41 Å². The van der Waals surface area contributed by atoms with Crippen LogP contribution in [0.15, 0.2) is 54.2 Å². The summed E-state index contributed by atoms with van der Waals surface area (Å²) in [6.45, 7) is 1.17. The molecular weight excluding hydrogens is 457 g/mol. The van der Waals surface area contributed by atoms with Crippen LogP contribution in [0.1, 0.15) is 35.2 Å². The summed E-state index contributed by atoms with van der Waals surface area (Å²) in [6.07, 6.45) is 2.80. The molecule has 2 amide bonds. The van der Waals surface area contributed by atoms with Crippen LogP contribution in [-0.4, -0.2) is 34.7 Å². The monoisotopic (exact) mass is 475 g/mol.